The van der Waals surface area contributed by atoms with Crippen LogP contribution in [0.1, 0.15) is 30.6 Å². The van der Waals surface area contributed by atoms with Crippen molar-refractivity contribution in [3.8, 4) is 0 Å². The van der Waals surface area contributed by atoms with E-state index >= 15 is 0 Å². The van der Waals surface area contributed by atoms with Crippen molar-refractivity contribution in [1.29, 1.82) is 0 Å². The molecule has 5 heteroatoms. The molecule has 2 rings (SSSR count). The zero-order valence-electron chi connectivity index (χ0n) is 10.2. The standard InChI is InChI=1S/C13H14N2O3/c1-7(2)5-11(16)8-3-4-9-10(6-8)15-13(18)12(17)14-9/h3-4,6-7H,5H2,1-2H3,(H,14,17)(H,15,18). The van der Waals surface area contributed by atoms with E-state index < -0.39 is 11.1 Å². The molecule has 0 spiro atoms. The third kappa shape index (κ3) is 2.40. The van der Waals surface area contributed by atoms with E-state index in [1.54, 1.807) is 18.2 Å². The molecule has 0 bridgehead atoms. The summed E-state index contributed by atoms with van der Waals surface area (Å²) >= 11 is 0. The van der Waals surface area contributed by atoms with Gasteiger partial charge in [0, 0.05) is 12.0 Å². The highest BCUT2D eigenvalue weighted by Crippen LogP contribution is 2.13. The zero-order chi connectivity index (χ0) is 13.3. The van der Waals surface area contributed by atoms with Crippen LogP contribution >= 0.6 is 0 Å². The Labute approximate surface area is 103 Å². The van der Waals surface area contributed by atoms with E-state index in [1.807, 2.05) is 13.8 Å². The predicted molar refractivity (Wildman–Crippen MR) is 69.0 cm³/mol. The fourth-order valence-electron chi connectivity index (χ4n) is 1.78. The van der Waals surface area contributed by atoms with Crippen molar-refractivity contribution in [2.45, 2.75) is 20.3 Å². The number of nitrogens with one attached hydrogen (secondary N) is 2. The molecule has 0 saturated heterocycles. The van der Waals surface area contributed by atoms with Crippen LogP contribution in [-0.2, 0) is 0 Å². The van der Waals surface area contributed by atoms with E-state index in [1.165, 1.54) is 0 Å². The maximum atomic E-state index is 11.9. The molecule has 1 heterocycles. The van der Waals surface area contributed by atoms with Gasteiger partial charge in [-0.1, -0.05) is 13.8 Å². The number of aromatic amines is 2. The summed E-state index contributed by atoms with van der Waals surface area (Å²) in [6.07, 6.45) is 0.457. The van der Waals surface area contributed by atoms with Gasteiger partial charge < -0.3 is 9.97 Å². The molecule has 0 aliphatic rings. The molecule has 0 saturated carbocycles. The second-order valence-electron chi connectivity index (χ2n) is 4.69. The molecule has 2 N–H and O–H groups in total. The monoisotopic (exact) mass is 246 g/mol. The van der Waals surface area contributed by atoms with Crippen molar-refractivity contribution in [3.63, 3.8) is 0 Å². The third-order valence-electron chi connectivity index (χ3n) is 2.64. The van der Waals surface area contributed by atoms with Crippen molar-refractivity contribution in [1.82, 2.24) is 9.97 Å². The van der Waals surface area contributed by atoms with Crippen molar-refractivity contribution in [2.24, 2.45) is 5.92 Å². The van der Waals surface area contributed by atoms with Crippen LogP contribution in [-0.4, -0.2) is 15.8 Å². The number of ketones is 1. The fourth-order valence-corrected chi connectivity index (χ4v) is 1.78. The Morgan fingerprint density at radius 3 is 2.33 bits per heavy atom. The number of rotatable bonds is 3. The maximum Gasteiger partial charge on any atom is 0.314 e. The van der Waals surface area contributed by atoms with E-state index in [2.05, 4.69) is 9.97 Å². The van der Waals surface area contributed by atoms with Crippen molar-refractivity contribution in [2.75, 3.05) is 0 Å². The lowest BCUT2D eigenvalue weighted by atomic mass is 10.0. The number of hydrogen-bond acceptors (Lipinski definition) is 3. The van der Waals surface area contributed by atoms with E-state index in [-0.39, 0.29) is 11.7 Å². The first kappa shape index (κ1) is 12.3. The quantitative estimate of drug-likeness (QED) is 0.635. The molecule has 18 heavy (non-hydrogen) atoms. The summed E-state index contributed by atoms with van der Waals surface area (Å²) in [7, 11) is 0. The molecular weight excluding hydrogens is 232 g/mol. The summed E-state index contributed by atoms with van der Waals surface area (Å²) in [5.41, 5.74) is 0.119. The Bertz CT molecular complexity index is 710. The van der Waals surface area contributed by atoms with Gasteiger partial charge in [0.1, 0.15) is 0 Å². The minimum Gasteiger partial charge on any atom is -0.316 e. The van der Waals surface area contributed by atoms with E-state index in [0.29, 0.717) is 23.0 Å². The van der Waals surface area contributed by atoms with Gasteiger partial charge in [0.2, 0.25) is 0 Å². The highest BCUT2D eigenvalue weighted by atomic mass is 16.2. The van der Waals surface area contributed by atoms with Gasteiger partial charge in [-0.3, -0.25) is 14.4 Å². The summed E-state index contributed by atoms with van der Waals surface area (Å²) < 4.78 is 0. The summed E-state index contributed by atoms with van der Waals surface area (Å²) in [4.78, 5) is 39.1. The Balaban J connectivity index is 2.50. The van der Waals surface area contributed by atoms with E-state index in [9.17, 15) is 14.4 Å². The van der Waals surface area contributed by atoms with Crippen LogP contribution in [0, 0.1) is 5.92 Å². The Kier molecular flexibility index (Phi) is 3.14. The maximum absolute atomic E-state index is 11.9. The van der Waals surface area contributed by atoms with Gasteiger partial charge in [-0.2, -0.15) is 0 Å². The molecule has 0 radical (unpaired) electrons. The van der Waals surface area contributed by atoms with Crippen molar-refractivity contribution >= 4 is 16.8 Å². The van der Waals surface area contributed by atoms with Crippen LogP contribution in [0.2, 0.25) is 0 Å². The molecule has 0 fully saturated rings. The number of Topliss-reactive ketones (excluding diaryl/α,β-unsaturated/α-hetero) is 1. The summed E-state index contributed by atoms with van der Waals surface area (Å²) in [5, 5.41) is 0. The Morgan fingerprint density at radius 2 is 1.72 bits per heavy atom. The summed E-state index contributed by atoms with van der Waals surface area (Å²) in [6.45, 7) is 3.94. The van der Waals surface area contributed by atoms with Crippen LogP contribution in [0.3, 0.4) is 0 Å². The van der Waals surface area contributed by atoms with Gasteiger partial charge in [0.05, 0.1) is 11.0 Å². The number of fused-ring (bicyclic) bond motifs is 1. The molecule has 0 aliphatic carbocycles. The average molecular weight is 246 g/mol. The van der Waals surface area contributed by atoms with Gasteiger partial charge in [-0.25, -0.2) is 0 Å². The highest BCUT2D eigenvalue weighted by molar-refractivity contribution is 5.98. The number of hydrogen-bond donors (Lipinski definition) is 2. The largest absolute Gasteiger partial charge is 0.316 e. The first-order valence-electron chi connectivity index (χ1n) is 5.77. The first-order valence-corrected chi connectivity index (χ1v) is 5.77. The Morgan fingerprint density at radius 1 is 1.11 bits per heavy atom. The highest BCUT2D eigenvalue weighted by Gasteiger charge is 2.09. The summed E-state index contributed by atoms with van der Waals surface area (Å²) in [6, 6.07) is 4.87. The molecule has 1 aromatic heterocycles. The minimum atomic E-state index is -0.712. The van der Waals surface area contributed by atoms with Gasteiger partial charge >= 0.3 is 11.1 Å². The molecule has 0 aliphatic heterocycles. The average Bonchev–Trinajstić information content (AvgIpc) is 2.29. The normalized spacial score (nSPS) is 11.1. The SMILES string of the molecule is CC(C)CC(=O)c1ccc2[nH]c(=O)c(=O)[nH]c2c1. The molecule has 0 amide bonds. The lowest BCUT2D eigenvalue weighted by molar-refractivity contribution is 0.0968. The van der Waals surface area contributed by atoms with Crippen LogP contribution in [0.25, 0.3) is 11.0 Å². The molecular formula is C13H14N2O3. The van der Waals surface area contributed by atoms with E-state index in [0.717, 1.165) is 0 Å². The number of H-pyrrole nitrogens is 2. The number of benzene rings is 1. The molecule has 1 aromatic carbocycles. The molecule has 2 aromatic rings. The first-order chi connectivity index (χ1) is 8.47. The van der Waals surface area contributed by atoms with Crippen molar-refractivity contribution in [3.05, 3.63) is 44.5 Å². The minimum absolute atomic E-state index is 0.0268. The second-order valence-corrected chi connectivity index (χ2v) is 4.69. The lowest BCUT2D eigenvalue weighted by Crippen LogP contribution is -2.28. The van der Waals surface area contributed by atoms with Crippen LogP contribution in [0.4, 0.5) is 0 Å². The molecule has 0 unspecified atom stereocenters. The molecule has 0 atom stereocenters. The number of carbonyl (C=O) groups excluding carboxylic acids is 1. The smallest absolute Gasteiger partial charge is 0.314 e. The number of aromatic nitrogens is 2. The molecule has 5 nitrogen and oxygen atoms in total. The van der Waals surface area contributed by atoms with Gasteiger partial charge in [-0.05, 0) is 24.1 Å². The fraction of sp³-hybridized carbons (Fsp3) is 0.308. The van der Waals surface area contributed by atoms with Crippen LogP contribution < -0.4 is 11.1 Å². The van der Waals surface area contributed by atoms with Crippen molar-refractivity contribution < 1.29 is 4.79 Å². The van der Waals surface area contributed by atoms with Gasteiger partial charge in [-0.15, -0.1) is 0 Å². The zero-order valence-corrected chi connectivity index (χ0v) is 10.2. The van der Waals surface area contributed by atoms with Crippen LogP contribution in [0.5, 0.6) is 0 Å². The van der Waals surface area contributed by atoms with Gasteiger partial charge in [0.25, 0.3) is 0 Å². The Hall–Kier alpha value is -2.17. The van der Waals surface area contributed by atoms with Crippen LogP contribution in [0.15, 0.2) is 27.8 Å². The van der Waals surface area contributed by atoms with Gasteiger partial charge in [0.15, 0.2) is 5.78 Å². The molecule has 94 valence electrons. The van der Waals surface area contributed by atoms with E-state index in [4.69, 9.17) is 0 Å². The second kappa shape index (κ2) is 4.60. The third-order valence-corrected chi connectivity index (χ3v) is 2.64. The predicted octanol–water partition coefficient (Wildman–Crippen LogP) is 1.45. The lowest BCUT2D eigenvalue weighted by Gasteiger charge is -2.05. The number of carbonyl (C=O) groups is 1. The topological polar surface area (TPSA) is 82.8 Å². The summed E-state index contributed by atoms with van der Waals surface area (Å²) in [5.74, 6) is 0.307.